The minimum atomic E-state index is -0.884. The average Bonchev–Trinajstić information content (AvgIpc) is 3.42. The van der Waals surface area contributed by atoms with Crippen LogP contribution in [-0.2, 0) is 17.4 Å². The van der Waals surface area contributed by atoms with Crippen LogP contribution in [0.5, 0.6) is 0 Å². The fraction of sp³-hybridized carbons (Fsp3) is 0.111. The molecule has 0 fully saturated rings. The predicted octanol–water partition coefficient (Wildman–Crippen LogP) is 5.95. The number of benzene rings is 3. The van der Waals surface area contributed by atoms with Crippen LogP contribution in [-0.4, -0.2) is 21.2 Å². The lowest BCUT2D eigenvalue weighted by atomic mass is 9.84. The molecule has 0 bridgehead atoms. The summed E-state index contributed by atoms with van der Waals surface area (Å²) in [5.74, 6) is 0. The number of halogens is 2. The number of ether oxygens (including phenoxy) is 1. The van der Waals surface area contributed by atoms with E-state index in [4.69, 9.17) is 27.9 Å². The molecule has 0 radical (unpaired) electrons. The Labute approximate surface area is 205 Å². The summed E-state index contributed by atoms with van der Waals surface area (Å²) in [5.41, 5.74) is 5.21. The van der Waals surface area contributed by atoms with Crippen LogP contribution >= 0.6 is 23.2 Å². The van der Waals surface area contributed by atoms with Crippen LogP contribution in [0, 0.1) is 0 Å². The van der Waals surface area contributed by atoms with E-state index in [2.05, 4.69) is 4.98 Å². The number of rotatable bonds is 3. The van der Waals surface area contributed by atoms with Crippen LogP contribution in [0.4, 0.5) is 0 Å². The van der Waals surface area contributed by atoms with Crippen molar-refractivity contribution in [1.82, 2.24) is 14.1 Å². The molecule has 168 valence electrons. The molecule has 0 aliphatic carbocycles. The molecule has 3 heterocycles. The molecule has 7 heteroatoms. The second kappa shape index (κ2) is 7.57. The highest BCUT2D eigenvalue weighted by atomic mass is 35.5. The van der Waals surface area contributed by atoms with Crippen molar-refractivity contribution in [2.24, 2.45) is 7.05 Å². The molecular formula is C27H19Cl2N3O2. The lowest BCUT2D eigenvalue weighted by Gasteiger charge is -2.29. The molecule has 34 heavy (non-hydrogen) atoms. The molecule has 0 N–H and O–H groups in total. The predicted molar refractivity (Wildman–Crippen MR) is 135 cm³/mol. The summed E-state index contributed by atoms with van der Waals surface area (Å²) in [4.78, 5) is 17.4. The normalized spacial score (nSPS) is 16.6. The summed E-state index contributed by atoms with van der Waals surface area (Å²) >= 11 is 12.5. The van der Waals surface area contributed by atoms with E-state index in [0.717, 1.165) is 44.5 Å². The molecule has 1 unspecified atom stereocenters. The van der Waals surface area contributed by atoms with Crippen molar-refractivity contribution in [1.29, 1.82) is 0 Å². The molecule has 2 aromatic heterocycles. The maximum Gasteiger partial charge on any atom is 0.251 e. The molecule has 0 spiro atoms. The van der Waals surface area contributed by atoms with Crippen molar-refractivity contribution in [3.63, 3.8) is 0 Å². The van der Waals surface area contributed by atoms with Gasteiger partial charge in [0.2, 0.25) is 0 Å². The van der Waals surface area contributed by atoms with Gasteiger partial charge in [-0.1, -0.05) is 53.5 Å². The van der Waals surface area contributed by atoms with Gasteiger partial charge in [-0.3, -0.25) is 9.36 Å². The van der Waals surface area contributed by atoms with Gasteiger partial charge in [-0.05, 0) is 47.0 Å². The van der Waals surface area contributed by atoms with E-state index in [1.54, 1.807) is 31.1 Å². The van der Waals surface area contributed by atoms with Crippen molar-refractivity contribution in [3.8, 4) is 16.8 Å². The van der Waals surface area contributed by atoms with E-state index in [0.29, 0.717) is 10.0 Å². The van der Waals surface area contributed by atoms with Gasteiger partial charge in [-0.15, -0.1) is 0 Å². The molecule has 0 saturated heterocycles. The van der Waals surface area contributed by atoms with E-state index in [1.807, 2.05) is 71.4 Å². The van der Waals surface area contributed by atoms with Crippen LogP contribution in [0.1, 0.15) is 16.8 Å². The Kier molecular flexibility index (Phi) is 4.71. The Bertz CT molecular complexity index is 1650. The molecule has 1 aliphatic heterocycles. The van der Waals surface area contributed by atoms with Gasteiger partial charge in [0.1, 0.15) is 0 Å². The molecule has 3 aromatic carbocycles. The summed E-state index contributed by atoms with van der Waals surface area (Å²) in [7, 11) is 3.48. The number of pyridine rings is 1. The van der Waals surface area contributed by atoms with Gasteiger partial charge < -0.3 is 9.30 Å². The number of aromatic nitrogens is 3. The highest BCUT2D eigenvalue weighted by Crippen LogP contribution is 2.51. The first-order chi connectivity index (χ1) is 16.5. The first kappa shape index (κ1) is 21.2. The molecular weight excluding hydrogens is 469 g/mol. The lowest BCUT2D eigenvalue weighted by molar-refractivity contribution is 0.0597. The SMILES string of the molecule is COC1(c2ccc(Cl)cc2)c2ccc3c(c(-c4cccc(Cl)c4)cc(=O)n3C)c2-n2cncc21. The maximum absolute atomic E-state index is 12.9. The maximum atomic E-state index is 12.9. The fourth-order valence-corrected chi connectivity index (χ4v) is 5.46. The van der Waals surface area contributed by atoms with Gasteiger partial charge in [-0.2, -0.15) is 0 Å². The fourth-order valence-electron chi connectivity index (χ4n) is 5.15. The highest BCUT2D eigenvalue weighted by Gasteiger charge is 2.47. The minimum absolute atomic E-state index is 0.0954. The molecule has 1 aliphatic rings. The number of hydrogen-bond acceptors (Lipinski definition) is 3. The zero-order valence-corrected chi connectivity index (χ0v) is 19.9. The van der Waals surface area contributed by atoms with Crippen LogP contribution in [0.2, 0.25) is 10.0 Å². The van der Waals surface area contributed by atoms with Crippen molar-refractivity contribution in [3.05, 3.63) is 116 Å². The van der Waals surface area contributed by atoms with E-state index in [9.17, 15) is 4.79 Å². The zero-order chi connectivity index (χ0) is 23.6. The van der Waals surface area contributed by atoms with Gasteiger partial charge in [0.25, 0.3) is 5.56 Å². The van der Waals surface area contributed by atoms with Crippen LogP contribution in [0.25, 0.3) is 27.7 Å². The Morgan fingerprint density at radius 1 is 0.971 bits per heavy atom. The number of aryl methyl sites for hydroxylation is 1. The third-order valence-electron chi connectivity index (χ3n) is 6.70. The summed E-state index contributed by atoms with van der Waals surface area (Å²) in [6.07, 6.45) is 3.61. The van der Waals surface area contributed by atoms with Crippen LogP contribution in [0.15, 0.2) is 84.0 Å². The topological polar surface area (TPSA) is 49.0 Å². The van der Waals surface area contributed by atoms with Gasteiger partial charge in [0, 0.05) is 41.2 Å². The number of methoxy groups -OCH3 is 1. The summed E-state index contributed by atoms with van der Waals surface area (Å²) in [6, 6.07) is 20.9. The number of imidazole rings is 1. The second-order valence-electron chi connectivity index (χ2n) is 8.36. The van der Waals surface area contributed by atoms with Gasteiger partial charge in [0.15, 0.2) is 5.60 Å². The number of fused-ring (bicyclic) bond motifs is 5. The third-order valence-corrected chi connectivity index (χ3v) is 7.18. The smallest absolute Gasteiger partial charge is 0.251 e. The van der Waals surface area contributed by atoms with E-state index in [-0.39, 0.29) is 5.56 Å². The van der Waals surface area contributed by atoms with Crippen LogP contribution < -0.4 is 5.56 Å². The zero-order valence-electron chi connectivity index (χ0n) is 18.4. The summed E-state index contributed by atoms with van der Waals surface area (Å²) in [6.45, 7) is 0. The van der Waals surface area contributed by atoms with Crippen molar-refractivity contribution in [2.75, 3.05) is 7.11 Å². The molecule has 5 aromatic rings. The Balaban J connectivity index is 1.79. The summed E-state index contributed by atoms with van der Waals surface area (Å²) in [5, 5.41) is 2.18. The van der Waals surface area contributed by atoms with Crippen molar-refractivity contribution in [2.45, 2.75) is 5.60 Å². The first-order valence-electron chi connectivity index (χ1n) is 10.7. The number of nitrogens with zero attached hydrogens (tertiary/aromatic N) is 3. The third kappa shape index (κ3) is 2.78. The second-order valence-corrected chi connectivity index (χ2v) is 9.24. The largest absolute Gasteiger partial charge is 0.362 e. The van der Waals surface area contributed by atoms with Crippen molar-refractivity contribution < 1.29 is 4.74 Å². The average molecular weight is 488 g/mol. The van der Waals surface area contributed by atoms with E-state index < -0.39 is 5.60 Å². The Morgan fingerprint density at radius 3 is 2.50 bits per heavy atom. The highest BCUT2D eigenvalue weighted by molar-refractivity contribution is 6.31. The van der Waals surface area contributed by atoms with Gasteiger partial charge in [0.05, 0.1) is 29.4 Å². The molecule has 0 amide bonds. The Morgan fingerprint density at radius 2 is 1.76 bits per heavy atom. The monoisotopic (exact) mass is 487 g/mol. The molecule has 5 nitrogen and oxygen atoms in total. The standard InChI is InChI=1S/C27H19Cl2N3O2/c1-31-22-11-10-21-26(25(22)20(13-24(31)33)16-4-3-5-19(29)12-16)32-15-30-14-23(32)27(21,34-2)17-6-8-18(28)9-7-17/h3-15H,1-2H3. The Hall–Kier alpha value is -3.38. The molecule has 6 rings (SSSR count). The molecule has 1 atom stereocenters. The van der Waals surface area contributed by atoms with Gasteiger partial charge in [-0.25, -0.2) is 4.98 Å². The van der Waals surface area contributed by atoms with Crippen LogP contribution in [0.3, 0.4) is 0 Å². The van der Waals surface area contributed by atoms with E-state index >= 15 is 0 Å². The van der Waals surface area contributed by atoms with Gasteiger partial charge >= 0.3 is 0 Å². The number of hydrogen-bond donors (Lipinski definition) is 0. The molecule has 0 saturated carbocycles. The first-order valence-corrected chi connectivity index (χ1v) is 11.5. The lowest BCUT2D eigenvalue weighted by Crippen LogP contribution is -2.29. The minimum Gasteiger partial charge on any atom is -0.362 e. The van der Waals surface area contributed by atoms with Crippen molar-refractivity contribution >= 4 is 34.1 Å². The summed E-state index contributed by atoms with van der Waals surface area (Å²) < 4.78 is 10.0. The van der Waals surface area contributed by atoms with E-state index in [1.165, 1.54) is 0 Å². The quantitative estimate of drug-likeness (QED) is 0.316.